The Labute approximate surface area is 99.2 Å². The topological polar surface area (TPSA) is 66.5 Å². The zero-order valence-electron chi connectivity index (χ0n) is 7.54. The summed E-state index contributed by atoms with van der Waals surface area (Å²) in [5, 5.41) is 19.0. The summed E-state index contributed by atoms with van der Waals surface area (Å²) in [5.74, 6) is 0.0691. The van der Waals surface area contributed by atoms with E-state index in [1.807, 2.05) is 0 Å². The Bertz CT molecular complexity index is 319. The van der Waals surface area contributed by atoms with Crippen molar-refractivity contribution in [3.05, 3.63) is 26.6 Å². The van der Waals surface area contributed by atoms with Gasteiger partial charge in [0.15, 0.2) is 0 Å². The molecule has 0 fully saturated rings. The molecule has 0 aliphatic carbocycles. The highest BCUT2D eigenvalue weighted by Crippen LogP contribution is 2.35. The van der Waals surface area contributed by atoms with Crippen LogP contribution in [-0.2, 0) is 0 Å². The van der Waals surface area contributed by atoms with Crippen LogP contribution in [0.3, 0.4) is 0 Å². The first kappa shape index (κ1) is 12.0. The molecule has 4 N–H and O–H groups in total. The molecule has 0 saturated heterocycles. The fourth-order valence-electron chi connectivity index (χ4n) is 1.14. The molecule has 0 radical (unpaired) electrons. The van der Waals surface area contributed by atoms with Crippen LogP contribution in [0.5, 0.6) is 5.75 Å². The molecule has 1 aromatic rings. The second-order valence-electron chi connectivity index (χ2n) is 3.09. The number of phenolic OH excluding ortho intramolecular Hbond substituents is 1. The van der Waals surface area contributed by atoms with Gasteiger partial charge in [0.05, 0.1) is 12.1 Å². The monoisotopic (exact) mass is 323 g/mol. The second kappa shape index (κ2) is 4.61. The number of aromatic hydroxyl groups is 1. The lowest BCUT2D eigenvalue weighted by molar-refractivity contribution is 0.162. The first-order valence-corrected chi connectivity index (χ1v) is 5.63. The van der Waals surface area contributed by atoms with Crippen LogP contribution in [0.25, 0.3) is 0 Å². The number of aliphatic hydroxyl groups excluding tert-OH is 1. The van der Waals surface area contributed by atoms with Gasteiger partial charge in [-0.1, -0.05) is 31.9 Å². The van der Waals surface area contributed by atoms with Gasteiger partial charge in [-0.2, -0.15) is 0 Å². The molecule has 1 unspecified atom stereocenters. The largest absolute Gasteiger partial charge is 0.508 e. The van der Waals surface area contributed by atoms with Crippen LogP contribution in [0.15, 0.2) is 21.1 Å². The lowest BCUT2D eigenvalue weighted by Gasteiger charge is -2.18. The summed E-state index contributed by atoms with van der Waals surface area (Å²) in [5.41, 5.74) is 6.25. The van der Waals surface area contributed by atoms with Crippen molar-refractivity contribution in [3.8, 4) is 5.75 Å². The SMILES string of the molecule is CC(O)[C@@H](N)c1c(O)cc(Br)cc1Br. The van der Waals surface area contributed by atoms with Crippen LogP contribution >= 0.6 is 31.9 Å². The molecule has 0 aliphatic rings. The highest BCUT2D eigenvalue weighted by atomic mass is 79.9. The quantitative estimate of drug-likeness (QED) is 0.782. The van der Waals surface area contributed by atoms with Crippen molar-refractivity contribution in [3.63, 3.8) is 0 Å². The molecular formula is C9H11Br2NO2. The van der Waals surface area contributed by atoms with Crippen molar-refractivity contribution in [1.82, 2.24) is 0 Å². The number of rotatable bonds is 2. The Morgan fingerprint density at radius 3 is 2.36 bits per heavy atom. The van der Waals surface area contributed by atoms with E-state index in [1.54, 1.807) is 19.1 Å². The van der Waals surface area contributed by atoms with Crippen molar-refractivity contribution < 1.29 is 10.2 Å². The molecule has 0 spiro atoms. The molecule has 78 valence electrons. The van der Waals surface area contributed by atoms with Gasteiger partial charge in [-0.25, -0.2) is 0 Å². The van der Waals surface area contributed by atoms with Gasteiger partial charge in [0.25, 0.3) is 0 Å². The van der Waals surface area contributed by atoms with E-state index in [1.165, 1.54) is 0 Å². The minimum absolute atomic E-state index is 0.0691. The second-order valence-corrected chi connectivity index (χ2v) is 4.86. The molecular weight excluding hydrogens is 314 g/mol. The summed E-state index contributed by atoms with van der Waals surface area (Å²) in [4.78, 5) is 0. The van der Waals surface area contributed by atoms with Crippen molar-refractivity contribution in [1.29, 1.82) is 0 Å². The van der Waals surface area contributed by atoms with Crippen LogP contribution in [0.1, 0.15) is 18.5 Å². The molecule has 1 aromatic carbocycles. The molecule has 3 nitrogen and oxygen atoms in total. The number of phenols is 1. The highest BCUT2D eigenvalue weighted by molar-refractivity contribution is 9.11. The maximum atomic E-state index is 9.64. The molecule has 0 saturated carbocycles. The Morgan fingerprint density at radius 1 is 1.36 bits per heavy atom. The third kappa shape index (κ3) is 2.48. The van der Waals surface area contributed by atoms with Gasteiger partial charge in [-0.05, 0) is 19.1 Å². The molecule has 14 heavy (non-hydrogen) atoms. The summed E-state index contributed by atoms with van der Waals surface area (Å²) >= 11 is 6.53. The van der Waals surface area contributed by atoms with Crippen molar-refractivity contribution in [2.75, 3.05) is 0 Å². The summed E-state index contributed by atoms with van der Waals surface area (Å²) in [6.45, 7) is 1.58. The number of aliphatic hydroxyl groups is 1. The van der Waals surface area contributed by atoms with Crippen molar-refractivity contribution in [2.24, 2.45) is 5.73 Å². The Morgan fingerprint density at radius 2 is 1.93 bits per heavy atom. The number of halogens is 2. The average Bonchev–Trinajstić information content (AvgIpc) is 2.01. The van der Waals surface area contributed by atoms with E-state index in [0.29, 0.717) is 10.0 Å². The fraction of sp³-hybridized carbons (Fsp3) is 0.333. The summed E-state index contributed by atoms with van der Waals surface area (Å²) in [7, 11) is 0. The third-order valence-corrected chi connectivity index (χ3v) is 3.04. The van der Waals surface area contributed by atoms with E-state index in [-0.39, 0.29) is 5.75 Å². The van der Waals surface area contributed by atoms with E-state index in [4.69, 9.17) is 5.73 Å². The summed E-state index contributed by atoms with van der Waals surface area (Å²) in [6.07, 6.45) is -0.710. The first-order valence-electron chi connectivity index (χ1n) is 4.05. The molecule has 0 aliphatic heterocycles. The number of benzene rings is 1. The van der Waals surface area contributed by atoms with Gasteiger partial charge in [0, 0.05) is 14.5 Å². The van der Waals surface area contributed by atoms with E-state index >= 15 is 0 Å². The number of nitrogens with two attached hydrogens (primary N) is 1. The maximum Gasteiger partial charge on any atom is 0.122 e. The summed E-state index contributed by atoms with van der Waals surface area (Å²) < 4.78 is 1.43. The fourth-order valence-corrected chi connectivity index (χ4v) is 2.61. The molecule has 5 heteroatoms. The Hall–Kier alpha value is -0.100. The maximum absolute atomic E-state index is 9.64. The minimum Gasteiger partial charge on any atom is -0.508 e. The highest BCUT2D eigenvalue weighted by Gasteiger charge is 2.19. The van der Waals surface area contributed by atoms with Crippen LogP contribution < -0.4 is 5.73 Å². The van der Waals surface area contributed by atoms with Crippen LogP contribution in [0.2, 0.25) is 0 Å². The van der Waals surface area contributed by atoms with E-state index in [2.05, 4.69) is 31.9 Å². The Kier molecular flexibility index (Phi) is 3.94. The normalized spacial score (nSPS) is 15.2. The predicted octanol–water partition coefficient (Wildman–Crippen LogP) is 2.30. The lowest BCUT2D eigenvalue weighted by Crippen LogP contribution is -2.23. The molecule has 1 rings (SSSR count). The molecule has 0 heterocycles. The van der Waals surface area contributed by atoms with E-state index in [0.717, 1.165) is 4.47 Å². The first-order chi connectivity index (χ1) is 6.43. The van der Waals surface area contributed by atoms with Gasteiger partial charge in [0.1, 0.15) is 5.75 Å². The van der Waals surface area contributed by atoms with Crippen molar-refractivity contribution >= 4 is 31.9 Å². The zero-order chi connectivity index (χ0) is 10.9. The molecule has 0 amide bonds. The zero-order valence-corrected chi connectivity index (χ0v) is 10.7. The van der Waals surface area contributed by atoms with Gasteiger partial charge in [0.2, 0.25) is 0 Å². The van der Waals surface area contributed by atoms with E-state index < -0.39 is 12.1 Å². The van der Waals surface area contributed by atoms with Gasteiger partial charge in [-0.15, -0.1) is 0 Å². The summed E-state index contributed by atoms with van der Waals surface area (Å²) in [6, 6.07) is 2.72. The average molecular weight is 325 g/mol. The van der Waals surface area contributed by atoms with Crippen LogP contribution in [0.4, 0.5) is 0 Å². The standard InChI is InChI=1S/C9H11Br2NO2/c1-4(13)9(12)8-6(11)2-5(10)3-7(8)14/h2-4,9,13-14H,12H2,1H3/t4?,9-/m1/s1. The van der Waals surface area contributed by atoms with Crippen LogP contribution in [0, 0.1) is 0 Å². The molecule has 2 atom stereocenters. The number of hydrogen-bond acceptors (Lipinski definition) is 3. The number of hydrogen-bond donors (Lipinski definition) is 3. The van der Waals surface area contributed by atoms with Gasteiger partial charge < -0.3 is 15.9 Å². The van der Waals surface area contributed by atoms with Gasteiger partial charge in [-0.3, -0.25) is 0 Å². The van der Waals surface area contributed by atoms with Crippen molar-refractivity contribution in [2.45, 2.75) is 19.1 Å². The predicted molar refractivity (Wildman–Crippen MR) is 62.1 cm³/mol. The lowest BCUT2D eigenvalue weighted by atomic mass is 10.0. The molecule has 0 aromatic heterocycles. The Balaban J connectivity index is 3.20. The third-order valence-electron chi connectivity index (χ3n) is 1.93. The molecule has 0 bridgehead atoms. The van der Waals surface area contributed by atoms with Crippen LogP contribution in [-0.4, -0.2) is 16.3 Å². The van der Waals surface area contributed by atoms with E-state index in [9.17, 15) is 10.2 Å². The smallest absolute Gasteiger partial charge is 0.122 e. The minimum atomic E-state index is -0.710. The van der Waals surface area contributed by atoms with Gasteiger partial charge >= 0.3 is 0 Å².